The summed E-state index contributed by atoms with van der Waals surface area (Å²) in [5.41, 5.74) is 9.16. The third kappa shape index (κ3) is 12.3. The van der Waals surface area contributed by atoms with Gasteiger partial charge >= 0.3 is 24.3 Å². The molecule has 66 heavy (non-hydrogen) atoms. The number of carbonyl (C=O) groups is 2. The van der Waals surface area contributed by atoms with Crippen LogP contribution in [0.1, 0.15) is 79.0 Å². The Kier molecular flexibility index (Phi) is 15.0. The number of carboxylic acids is 2. The first-order chi connectivity index (χ1) is 31.6. The lowest BCUT2D eigenvalue weighted by Crippen LogP contribution is -2.30. The van der Waals surface area contributed by atoms with E-state index in [9.17, 15) is 46.1 Å². The number of halogens is 6. The number of ether oxygens (including phenoxy) is 2. The number of hydrogen-bond acceptors (Lipinski definition) is 8. The van der Waals surface area contributed by atoms with Crippen molar-refractivity contribution in [1.29, 1.82) is 0 Å². The third-order valence-corrected chi connectivity index (χ3v) is 11.5. The van der Waals surface area contributed by atoms with Crippen molar-refractivity contribution >= 4 is 11.9 Å². The monoisotopic (exact) mass is 912 g/mol. The maximum atomic E-state index is 12.6. The van der Waals surface area contributed by atoms with Crippen molar-refractivity contribution in [3.63, 3.8) is 0 Å². The van der Waals surface area contributed by atoms with E-state index < -0.39 is 37.5 Å². The van der Waals surface area contributed by atoms with Crippen molar-refractivity contribution in [2.24, 2.45) is 0 Å². The lowest BCUT2D eigenvalue weighted by molar-refractivity contribution is -0.154. The molecule has 4 heterocycles. The van der Waals surface area contributed by atoms with Crippen LogP contribution in [-0.4, -0.2) is 70.8 Å². The molecule has 4 aromatic carbocycles. The van der Waals surface area contributed by atoms with Crippen LogP contribution < -0.4 is 20.1 Å². The Bertz CT molecular complexity index is 2480. The average molecular weight is 913 g/mol. The fraction of sp³-hybridized carbons (Fsp3) is 0.280. The van der Waals surface area contributed by atoms with Crippen molar-refractivity contribution in [1.82, 2.24) is 20.6 Å². The molecule has 0 saturated heterocycles. The van der Waals surface area contributed by atoms with Gasteiger partial charge in [-0.3, -0.25) is 9.97 Å². The first-order valence-electron chi connectivity index (χ1n) is 21.3. The highest BCUT2D eigenvalue weighted by Crippen LogP contribution is 2.37. The summed E-state index contributed by atoms with van der Waals surface area (Å²) in [6.45, 7) is -1.17. The Morgan fingerprint density at radius 2 is 1.00 bits per heavy atom. The number of carboxylic acid groups (broad SMARTS) is 2. The van der Waals surface area contributed by atoms with E-state index in [1.807, 2.05) is 36.4 Å². The van der Waals surface area contributed by atoms with Crippen molar-refractivity contribution in [3.8, 4) is 33.8 Å². The Morgan fingerprint density at radius 1 is 0.591 bits per heavy atom. The number of para-hydroxylation sites is 2. The fourth-order valence-electron chi connectivity index (χ4n) is 8.41. The van der Waals surface area contributed by atoms with Gasteiger partial charge in [-0.2, -0.15) is 26.3 Å². The zero-order valence-electron chi connectivity index (χ0n) is 35.5. The molecule has 2 aliphatic rings. The molecule has 2 aromatic heterocycles. The molecule has 2 atom stereocenters. The van der Waals surface area contributed by atoms with E-state index in [0.717, 1.165) is 59.3 Å². The van der Waals surface area contributed by atoms with Gasteiger partial charge in [-0.25, -0.2) is 9.59 Å². The molecule has 0 amide bonds. The predicted octanol–water partition coefficient (Wildman–Crippen LogP) is 10.4. The number of fused-ring (bicyclic) bond motifs is 2. The number of aromatic carboxylic acids is 2. The van der Waals surface area contributed by atoms with Gasteiger partial charge in [0, 0.05) is 48.0 Å². The summed E-state index contributed by atoms with van der Waals surface area (Å²) in [5, 5.41) is 25.7. The molecule has 0 saturated carbocycles. The molecule has 0 fully saturated rings. The standard InChI is InChI=1S/2C25H23F3N2O3/c2*26-25(27,28)15-33-23-4-2-1-3-20(23)16-5-7-19-17(13-16)9-12-30-22(19)8-6-18-14-29-11-10-21(18)24(31)32/h2*1-5,7,10-11,13-14,22,30H,6,8-9,12,15H2,(H,31,32)/t2*22-/m10/s1. The van der Waals surface area contributed by atoms with Gasteiger partial charge in [-0.15, -0.1) is 0 Å². The van der Waals surface area contributed by atoms with E-state index in [2.05, 4.69) is 20.6 Å². The van der Waals surface area contributed by atoms with E-state index in [1.54, 1.807) is 60.9 Å². The maximum Gasteiger partial charge on any atom is 0.422 e. The number of aromatic nitrogens is 2. The van der Waals surface area contributed by atoms with Gasteiger partial charge in [0.1, 0.15) is 11.5 Å². The first-order valence-corrected chi connectivity index (χ1v) is 21.3. The third-order valence-electron chi connectivity index (χ3n) is 11.5. The molecule has 10 nitrogen and oxygen atoms in total. The number of pyridine rings is 2. The predicted molar refractivity (Wildman–Crippen MR) is 235 cm³/mol. The fourth-order valence-corrected chi connectivity index (χ4v) is 8.41. The summed E-state index contributed by atoms with van der Waals surface area (Å²) in [4.78, 5) is 31.0. The second-order valence-electron chi connectivity index (χ2n) is 15.9. The Balaban J connectivity index is 0.000000196. The van der Waals surface area contributed by atoms with Crippen LogP contribution in [0.2, 0.25) is 0 Å². The van der Waals surface area contributed by atoms with Gasteiger partial charge in [0.25, 0.3) is 0 Å². The number of nitrogens with zero attached hydrogens (tertiary/aromatic N) is 2. The number of benzene rings is 4. The Morgan fingerprint density at radius 3 is 1.39 bits per heavy atom. The largest absolute Gasteiger partial charge is 0.483 e. The van der Waals surface area contributed by atoms with Crippen LogP contribution in [0.15, 0.2) is 122 Å². The number of rotatable bonds is 14. The van der Waals surface area contributed by atoms with Crippen LogP contribution in [0.3, 0.4) is 0 Å². The minimum absolute atomic E-state index is 0.0429. The second kappa shape index (κ2) is 21.0. The summed E-state index contributed by atoms with van der Waals surface area (Å²) >= 11 is 0. The van der Waals surface area contributed by atoms with Gasteiger partial charge in [0.2, 0.25) is 0 Å². The topological polar surface area (TPSA) is 143 Å². The van der Waals surface area contributed by atoms with Gasteiger partial charge in [0.15, 0.2) is 13.2 Å². The second-order valence-corrected chi connectivity index (χ2v) is 15.9. The van der Waals surface area contributed by atoms with Gasteiger partial charge in [0.05, 0.1) is 11.1 Å². The zero-order chi connectivity index (χ0) is 46.8. The first kappa shape index (κ1) is 47.2. The highest BCUT2D eigenvalue weighted by atomic mass is 19.4. The smallest absolute Gasteiger partial charge is 0.422 e. The van der Waals surface area contributed by atoms with Crippen LogP contribution >= 0.6 is 0 Å². The molecule has 16 heteroatoms. The van der Waals surface area contributed by atoms with Crippen LogP contribution in [0.5, 0.6) is 11.5 Å². The molecule has 8 rings (SSSR count). The summed E-state index contributed by atoms with van der Waals surface area (Å²) in [6, 6.07) is 28.3. The molecular weight excluding hydrogens is 867 g/mol. The van der Waals surface area contributed by atoms with E-state index in [0.29, 0.717) is 47.9 Å². The summed E-state index contributed by atoms with van der Waals surface area (Å²) < 4.78 is 85.9. The molecule has 0 bridgehead atoms. The SMILES string of the molecule is O=C(O)c1ccncc1CC[C@@H]1NCCc2cc(-c3ccccc3OCC(F)(F)F)ccc21.O=C(O)c1ccncc1CC[C@H]1NCCc2cc(-c3ccccc3OCC(F)(F)F)ccc21. The highest BCUT2D eigenvalue weighted by molar-refractivity contribution is 5.89. The molecular formula is C50H46F6N4O6. The lowest BCUT2D eigenvalue weighted by Gasteiger charge is -2.28. The minimum Gasteiger partial charge on any atom is -0.483 e. The lowest BCUT2D eigenvalue weighted by atomic mass is 9.88. The van der Waals surface area contributed by atoms with Crippen molar-refractivity contribution in [3.05, 3.63) is 166 Å². The summed E-state index contributed by atoms with van der Waals surface area (Å²) in [7, 11) is 0. The molecule has 0 unspecified atom stereocenters. The quantitative estimate of drug-likeness (QED) is 0.0780. The van der Waals surface area contributed by atoms with E-state index in [4.69, 9.17) is 9.47 Å². The van der Waals surface area contributed by atoms with Crippen molar-refractivity contribution in [2.75, 3.05) is 26.3 Å². The van der Waals surface area contributed by atoms with Gasteiger partial charge in [-0.1, -0.05) is 72.8 Å². The number of hydrogen-bond donors (Lipinski definition) is 4. The van der Waals surface area contributed by atoms with Crippen molar-refractivity contribution < 1.29 is 55.6 Å². The number of nitrogens with one attached hydrogen (secondary N) is 2. The maximum absolute atomic E-state index is 12.6. The van der Waals surface area contributed by atoms with Crippen LogP contribution in [-0.2, 0) is 25.7 Å². The summed E-state index contributed by atoms with van der Waals surface area (Å²) in [6.07, 6.45) is 1.41. The molecule has 0 spiro atoms. The zero-order valence-corrected chi connectivity index (χ0v) is 35.5. The molecule has 2 aliphatic heterocycles. The molecule has 0 aliphatic carbocycles. The molecule has 6 aromatic rings. The van der Waals surface area contributed by atoms with Crippen molar-refractivity contribution in [2.45, 2.75) is 63.0 Å². The van der Waals surface area contributed by atoms with Crippen LogP contribution in [0, 0.1) is 0 Å². The van der Waals surface area contributed by atoms with Crippen LogP contribution in [0.4, 0.5) is 26.3 Å². The number of alkyl halides is 6. The van der Waals surface area contributed by atoms with Gasteiger partial charge in [-0.05, 0) is 120 Å². The molecule has 0 radical (unpaired) electrons. The van der Waals surface area contributed by atoms with Crippen LogP contribution in [0.25, 0.3) is 22.3 Å². The molecule has 344 valence electrons. The van der Waals surface area contributed by atoms with E-state index in [1.165, 1.54) is 24.5 Å². The Labute approximate surface area is 376 Å². The highest BCUT2D eigenvalue weighted by Gasteiger charge is 2.30. The number of aryl methyl sites for hydroxylation is 2. The summed E-state index contributed by atoms with van der Waals surface area (Å²) in [5.74, 6) is -1.56. The minimum atomic E-state index is -4.41. The normalized spacial score (nSPS) is 15.7. The Hall–Kier alpha value is -6.78. The average Bonchev–Trinajstić information content (AvgIpc) is 3.31. The molecule has 4 N–H and O–H groups in total. The van der Waals surface area contributed by atoms with E-state index >= 15 is 0 Å². The van der Waals surface area contributed by atoms with Gasteiger partial charge < -0.3 is 30.3 Å². The van der Waals surface area contributed by atoms with E-state index in [-0.39, 0.29) is 34.7 Å².